The van der Waals surface area contributed by atoms with Crippen LogP contribution in [-0.4, -0.2) is 19.0 Å². The van der Waals surface area contributed by atoms with E-state index in [1.165, 1.54) is 0 Å². The van der Waals surface area contributed by atoms with E-state index in [0.29, 0.717) is 0 Å². The van der Waals surface area contributed by atoms with Crippen molar-refractivity contribution in [1.29, 1.82) is 0 Å². The second-order valence-corrected chi connectivity index (χ2v) is 2.51. The molecule has 2 heteroatoms. The molecule has 1 rings (SSSR count). The van der Waals surface area contributed by atoms with Gasteiger partial charge in [-0.1, -0.05) is 12.2 Å². The third kappa shape index (κ3) is 2.48. The summed E-state index contributed by atoms with van der Waals surface area (Å²) in [6, 6.07) is 0. The molecular formula is C9H14O2. The van der Waals surface area contributed by atoms with Gasteiger partial charge in [-0.15, -0.1) is 13.2 Å². The predicted molar refractivity (Wildman–Crippen MR) is 44.2 cm³/mol. The molecule has 11 heavy (non-hydrogen) atoms. The lowest BCUT2D eigenvalue weighted by Crippen LogP contribution is -2.17. The molecule has 62 valence electrons. The lowest BCUT2D eigenvalue weighted by molar-refractivity contribution is -0.120. The quantitative estimate of drug-likeness (QED) is 0.575. The number of hydrogen-bond donors (Lipinski definition) is 0. The molecule has 1 atom stereocenters. The Bertz CT molecular complexity index is 128. The van der Waals surface area contributed by atoms with Gasteiger partial charge < -0.3 is 9.47 Å². The van der Waals surface area contributed by atoms with Gasteiger partial charge >= 0.3 is 0 Å². The third-order valence-corrected chi connectivity index (χ3v) is 1.66. The SMILES string of the molecule is C=CC(C=C)OC1CCCO1. The number of rotatable bonds is 4. The van der Waals surface area contributed by atoms with Crippen molar-refractivity contribution in [3.05, 3.63) is 25.3 Å². The van der Waals surface area contributed by atoms with E-state index in [2.05, 4.69) is 13.2 Å². The predicted octanol–water partition coefficient (Wildman–Crippen LogP) is 1.88. The van der Waals surface area contributed by atoms with E-state index < -0.39 is 0 Å². The minimum atomic E-state index is -0.0712. The zero-order valence-corrected chi connectivity index (χ0v) is 6.66. The van der Waals surface area contributed by atoms with Crippen LogP contribution in [0.2, 0.25) is 0 Å². The Labute approximate surface area is 67.5 Å². The standard InChI is InChI=1S/C9H14O2/c1-3-8(4-2)11-9-6-5-7-10-9/h3-4,8-9H,1-2,5-7H2. The Balaban J connectivity index is 2.26. The van der Waals surface area contributed by atoms with Crippen LogP contribution in [0.15, 0.2) is 25.3 Å². The zero-order chi connectivity index (χ0) is 8.10. The molecule has 0 N–H and O–H groups in total. The monoisotopic (exact) mass is 154 g/mol. The van der Waals surface area contributed by atoms with E-state index in [4.69, 9.17) is 9.47 Å². The van der Waals surface area contributed by atoms with E-state index in [9.17, 15) is 0 Å². The summed E-state index contributed by atoms with van der Waals surface area (Å²) in [4.78, 5) is 0. The van der Waals surface area contributed by atoms with Gasteiger partial charge in [0.05, 0.1) is 6.10 Å². The van der Waals surface area contributed by atoms with Crippen LogP contribution < -0.4 is 0 Å². The Morgan fingerprint density at radius 3 is 2.64 bits per heavy atom. The van der Waals surface area contributed by atoms with Gasteiger partial charge in [0.15, 0.2) is 6.29 Å². The van der Waals surface area contributed by atoms with Crippen molar-refractivity contribution < 1.29 is 9.47 Å². The van der Waals surface area contributed by atoms with Crippen LogP contribution in [0.3, 0.4) is 0 Å². The van der Waals surface area contributed by atoms with Crippen molar-refractivity contribution in [3.63, 3.8) is 0 Å². The highest BCUT2D eigenvalue weighted by molar-refractivity contribution is 4.94. The summed E-state index contributed by atoms with van der Waals surface area (Å²) in [7, 11) is 0. The molecule has 1 unspecified atom stereocenters. The summed E-state index contributed by atoms with van der Waals surface area (Å²) in [5, 5.41) is 0. The maximum atomic E-state index is 5.45. The summed E-state index contributed by atoms with van der Waals surface area (Å²) < 4.78 is 10.7. The van der Waals surface area contributed by atoms with E-state index in [1.54, 1.807) is 12.2 Å². The minimum Gasteiger partial charge on any atom is -0.353 e. The molecule has 0 bridgehead atoms. The van der Waals surface area contributed by atoms with Crippen LogP contribution >= 0.6 is 0 Å². The second kappa shape index (κ2) is 4.31. The first kappa shape index (κ1) is 8.50. The smallest absolute Gasteiger partial charge is 0.158 e. The van der Waals surface area contributed by atoms with E-state index >= 15 is 0 Å². The molecule has 1 aliphatic heterocycles. The van der Waals surface area contributed by atoms with Crippen LogP contribution in [0.5, 0.6) is 0 Å². The van der Waals surface area contributed by atoms with Gasteiger partial charge in [-0.25, -0.2) is 0 Å². The largest absolute Gasteiger partial charge is 0.353 e. The topological polar surface area (TPSA) is 18.5 Å². The van der Waals surface area contributed by atoms with E-state index in [1.807, 2.05) is 0 Å². The van der Waals surface area contributed by atoms with Crippen LogP contribution in [-0.2, 0) is 9.47 Å². The van der Waals surface area contributed by atoms with Gasteiger partial charge in [0.1, 0.15) is 0 Å². The molecule has 1 heterocycles. The summed E-state index contributed by atoms with van der Waals surface area (Å²) in [5.74, 6) is 0. The molecule has 1 aliphatic rings. The Hall–Kier alpha value is -0.600. The highest BCUT2D eigenvalue weighted by atomic mass is 16.7. The fraction of sp³-hybridized carbons (Fsp3) is 0.556. The fourth-order valence-electron chi connectivity index (χ4n) is 1.04. The summed E-state index contributed by atoms with van der Waals surface area (Å²) >= 11 is 0. The Morgan fingerprint density at radius 2 is 2.18 bits per heavy atom. The van der Waals surface area contributed by atoms with Gasteiger partial charge in [0.2, 0.25) is 0 Å². The van der Waals surface area contributed by atoms with Crippen molar-refractivity contribution in [2.75, 3.05) is 6.61 Å². The second-order valence-electron chi connectivity index (χ2n) is 2.51. The molecule has 0 saturated carbocycles. The molecule has 2 nitrogen and oxygen atoms in total. The molecular weight excluding hydrogens is 140 g/mol. The molecule has 1 saturated heterocycles. The van der Waals surface area contributed by atoms with E-state index in [0.717, 1.165) is 19.4 Å². The Kier molecular flexibility index (Phi) is 3.33. The minimum absolute atomic E-state index is 0.0454. The molecule has 0 radical (unpaired) electrons. The van der Waals surface area contributed by atoms with Crippen molar-refractivity contribution >= 4 is 0 Å². The van der Waals surface area contributed by atoms with Crippen LogP contribution in [0.4, 0.5) is 0 Å². The molecule has 0 aromatic carbocycles. The van der Waals surface area contributed by atoms with Gasteiger partial charge in [-0.2, -0.15) is 0 Å². The number of ether oxygens (including phenoxy) is 2. The third-order valence-electron chi connectivity index (χ3n) is 1.66. The molecule has 1 fully saturated rings. The highest BCUT2D eigenvalue weighted by Crippen LogP contribution is 2.15. The fourth-order valence-corrected chi connectivity index (χ4v) is 1.04. The van der Waals surface area contributed by atoms with E-state index in [-0.39, 0.29) is 12.4 Å². The van der Waals surface area contributed by atoms with Crippen molar-refractivity contribution in [3.8, 4) is 0 Å². The van der Waals surface area contributed by atoms with Crippen LogP contribution in [0.25, 0.3) is 0 Å². The summed E-state index contributed by atoms with van der Waals surface area (Å²) in [6.07, 6.45) is 5.39. The molecule has 0 spiro atoms. The van der Waals surface area contributed by atoms with Gasteiger partial charge in [-0.3, -0.25) is 0 Å². The van der Waals surface area contributed by atoms with Crippen molar-refractivity contribution in [1.82, 2.24) is 0 Å². The van der Waals surface area contributed by atoms with Crippen LogP contribution in [0, 0.1) is 0 Å². The first-order chi connectivity index (χ1) is 5.36. The van der Waals surface area contributed by atoms with Crippen molar-refractivity contribution in [2.45, 2.75) is 25.2 Å². The van der Waals surface area contributed by atoms with Gasteiger partial charge in [-0.05, 0) is 6.42 Å². The highest BCUT2D eigenvalue weighted by Gasteiger charge is 2.17. The lowest BCUT2D eigenvalue weighted by atomic mass is 10.3. The summed E-state index contributed by atoms with van der Waals surface area (Å²) in [6.45, 7) is 8.06. The Morgan fingerprint density at radius 1 is 1.45 bits per heavy atom. The molecule has 0 aliphatic carbocycles. The number of hydrogen-bond acceptors (Lipinski definition) is 2. The summed E-state index contributed by atoms with van der Waals surface area (Å²) in [5.41, 5.74) is 0. The molecule has 0 aromatic heterocycles. The average molecular weight is 154 g/mol. The van der Waals surface area contributed by atoms with Gasteiger partial charge in [0.25, 0.3) is 0 Å². The zero-order valence-electron chi connectivity index (χ0n) is 6.66. The first-order valence-corrected chi connectivity index (χ1v) is 3.89. The van der Waals surface area contributed by atoms with Gasteiger partial charge in [0, 0.05) is 13.0 Å². The van der Waals surface area contributed by atoms with Crippen LogP contribution in [0.1, 0.15) is 12.8 Å². The van der Waals surface area contributed by atoms with Crippen molar-refractivity contribution in [2.24, 2.45) is 0 Å². The maximum Gasteiger partial charge on any atom is 0.158 e. The molecule has 0 amide bonds. The first-order valence-electron chi connectivity index (χ1n) is 3.89. The average Bonchev–Trinajstić information content (AvgIpc) is 2.52. The normalized spacial score (nSPS) is 23.9. The lowest BCUT2D eigenvalue weighted by Gasteiger charge is -2.14. The molecule has 0 aromatic rings. The maximum absolute atomic E-state index is 5.45.